The Bertz CT molecular complexity index is 396. The number of aryl methyl sites for hydroxylation is 1. The lowest BCUT2D eigenvalue weighted by Gasteiger charge is -2.33. The van der Waals surface area contributed by atoms with Crippen LogP contribution in [-0.2, 0) is 6.42 Å². The molecule has 0 aliphatic heterocycles. The van der Waals surface area contributed by atoms with Gasteiger partial charge in [0.25, 0.3) is 0 Å². The molecule has 1 unspecified atom stereocenters. The predicted molar refractivity (Wildman–Crippen MR) is 86.8 cm³/mol. The van der Waals surface area contributed by atoms with Crippen LogP contribution in [0, 0.1) is 5.92 Å². The molecular formula is C18H30N2. The van der Waals surface area contributed by atoms with Gasteiger partial charge in [-0.1, -0.05) is 50.5 Å². The van der Waals surface area contributed by atoms with Crippen LogP contribution in [0.15, 0.2) is 24.3 Å². The van der Waals surface area contributed by atoms with Crippen molar-refractivity contribution in [3.63, 3.8) is 0 Å². The summed E-state index contributed by atoms with van der Waals surface area (Å²) in [6.45, 7) is 4.13. The maximum absolute atomic E-state index is 6.09. The first kappa shape index (κ1) is 15.5. The molecule has 2 N–H and O–H groups in total. The Kier molecular flexibility index (Phi) is 6.06. The number of nitrogens with two attached hydrogens (primary N) is 1. The van der Waals surface area contributed by atoms with Crippen molar-refractivity contribution in [2.45, 2.75) is 51.5 Å². The van der Waals surface area contributed by atoms with Gasteiger partial charge in [0.05, 0.1) is 0 Å². The average Bonchev–Trinajstić information content (AvgIpc) is 2.49. The van der Waals surface area contributed by atoms with E-state index in [1.54, 1.807) is 0 Å². The molecule has 0 bridgehead atoms. The number of nitrogens with zero attached hydrogens (tertiary/aromatic N) is 1. The fraction of sp³-hybridized carbons (Fsp3) is 0.667. The summed E-state index contributed by atoms with van der Waals surface area (Å²) < 4.78 is 0. The third-order valence-electron chi connectivity index (χ3n) is 4.82. The van der Waals surface area contributed by atoms with Gasteiger partial charge in [-0.05, 0) is 43.4 Å². The molecule has 0 spiro atoms. The topological polar surface area (TPSA) is 29.3 Å². The van der Waals surface area contributed by atoms with Gasteiger partial charge in [-0.15, -0.1) is 0 Å². The molecule has 1 aromatic carbocycles. The Labute approximate surface area is 124 Å². The highest BCUT2D eigenvalue weighted by molar-refractivity contribution is 5.30. The molecule has 20 heavy (non-hydrogen) atoms. The van der Waals surface area contributed by atoms with Gasteiger partial charge in [0.2, 0.25) is 0 Å². The first-order valence-corrected chi connectivity index (χ1v) is 8.24. The first-order valence-electron chi connectivity index (χ1n) is 8.24. The van der Waals surface area contributed by atoms with Crippen LogP contribution in [0.2, 0.25) is 0 Å². The average molecular weight is 274 g/mol. The van der Waals surface area contributed by atoms with Gasteiger partial charge >= 0.3 is 0 Å². The van der Waals surface area contributed by atoms with E-state index in [0.29, 0.717) is 12.6 Å². The third kappa shape index (κ3) is 3.83. The van der Waals surface area contributed by atoms with E-state index in [1.807, 2.05) is 0 Å². The Morgan fingerprint density at radius 2 is 1.90 bits per heavy atom. The van der Waals surface area contributed by atoms with Crippen LogP contribution < -0.4 is 5.73 Å². The second kappa shape index (κ2) is 7.80. The molecular weight excluding hydrogens is 244 g/mol. The van der Waals surface area contributed by atoms with E-state index in [0.717, 1.165) is 12.3 Å². The van der Waals surface area contributed by atoms with Crippen LogP contribution in [-0.4, -0.2) is 25.0 Å². The Morgan fingerprint density at radius 1 is 1.20 bits per heavy atom. The van der Waals surface area contributed by atoms with Crippen molar-refractivity contribution in [1.82, 2.24) is 4.90 Å². The SMILES string of the molecule is CCc1ccccc1C(CN)N(C)CC1CCCCC1. The Balaban J connectivity index is 2.06. The second-order valence-electron chi connectivity index (χ2n) is 6.25. The molecule has 2 nitrogen and oxygen atoms in total. The summed E-state index contributed by atoms with van der Waals surface area (Å²) in [4.78, 5) is 2.49. The van der Waals surface area contributed by atoms with Gasteiger partial charge in [-0.25, -0.2) is 0 Å². The maximum Gasteiger partial charge on any atom is 0.0470 e. The van der Waals surface area contributed by atoms with Gasteiger partial charge < -0.3 is 5.73 Å². The van der Waals surface area contributed by atoms with E-state index in [1.165, 1.54) is 49.8 Å². The molecule has 0 aromatic heterocycles. The van der Waals surface area contributed by atoms with Crippen LogP contribution in [0.3, 0.4) is 0 Å². The molecule has 0 radical (unpaired) electrons. The minimum Gasteiger partial charge on any atom is -0.329 e. The molecule has 2 rings (SSSR count). The smallest absolute Gasteiger partial charge is 0.0470 e. The van der Waals surface area contributed by atoms with Crippen LogP contribution in [0.1, 0.15) is 56.2 Å². The quantitative estimate of drug-likeness (QED) is 0.856. The lowest BCUT2D eigenvalue weighted by Crippen LogP contribution is -2.35. The summed E-state index contributed by atoms with van der Waals surface area (Å²) in [5, 5.41) is 0. The second-order valence-corrected chi connectivity index (χ2v) is 6.25. The monoisotopic (exact) mass is 274 g/mol. The molecule has 1 fully saturated rings. The predicted octanol–water partition coefficient (Wildman–Crippen LogP) is 3.76. The number of rotatable bonds is 6. The molecule has 112 valence electrons. The van der Waals surface area contributed by atoms with Gasteiger partial charge in [-0.3, -0.25) is 4.90 Å². The van der Waals surface area contributed by atoms with Gasteiger partial charge in [0, 0.05) is 19.1 Å². The molecule has 1 atom stereocenters. The van der Waals surface area contributed by atoms with Crippen molar-refractivity contribution < 1.29 is 0 Å². The Hall–Kier alpha value is -0.860. The van der Waals surface area contributed by atoms with Crippen molar-refractivity contribution in [2.24, 2.45) is 11.7 Å². The zero-order chi connectivity index (χ0) is 14.4. The van der Waals surface area contributed by atoms with E-state index in [2.05, 4.69) is 43.1 Å². The van der Waals surface area contributed by atoms with Crippen LogP contribution >= 0.6 is 0 Å². The zero-order valence-electron chi connectivity index (χ0n) is 13.1. The van der Waals surface area contributed by atoms with Crippen molar-refractivity contribution in [2.75, 3.05) is 20.1 Å². The summed E-state index contributed by atoms with van der Waals surface area (Å²) in [5.41, 5.74) is 8.96. The molecule has 1 saturated carbocycles. The van der Waals surface area contributed by atoms with Crippen LogP contribution in [0.25, 0.3) is 0 Å². The molecule has 1 aliphatic carbocycles. The Morgan fingerprint density at radius 3 is 2.55 bits per heavy atom. The fourth-order valence-electron chi connectivity index (χ4n) is 3.63. The summed E-state index contributed by atoms with van der Waals surface area (Å²) in [5.74, 6) is 0.872. The summed E-state index contributed by atoms with van der Waals surface area (Å²) >= 11 is 0. The highest BCUT2D eigenvalue weighted by atomic mass is 15.1. The molecule has 1 aliphatic rings. The summed E-state index contributed by atoms with van der Waals surface area (Å²) in [6.07, 6.45) is 8.14. The zero-order valence-corrected chi connectivity index (χ0v) is 13.1. The van der Waals surface area contributed by atoms with E-state index < -0.39 is 0 Å². The number of benzene rings is 1. The highest BCUT2D eigenvalue weighted by Crippen LogP contribution is 2.28. The first-order chi connectivity index (χ1) is 9.76. The third-order valence-corrected chi connectivity index (χ3v) is 4.82. The van der Waals surface area contributed by atoms with Gasteiger partial charge in [0.1, 0.15) is 0 Å². The van der Waals surface area contributed by atoms with Crippen molar-refractivity contribution in [1.29, 1.82) is 0 Å². The van der Waals surface area contributed by atoms with E-state index in [9.17, 15) is 0 Å². The van der Waals surface area contributed by atoms with Gasteiger partial charge in [0.15, 0.2) is 0 Å². The van der Waals surface area contributed by atoms with E-state index >= 15 is 0 Å². The molecule has 1 aromatic rings. The maximum atomic E-state index is 6.09. The highest BCUT2D eigenvalue weighted by Gasteiger charge is 2.22. The number of likely N-dealkylation sites (N-methyl/N-ethyl adjacent to an activating group) is 1. The number of hydrogen-bond donors (Lipinski definition) is 1. The molecule has 2 heteroatoms. The lowest BCUT2D eigenvalue weighted by atomic mass is 9.88. The fourth-order valence-corrected chi connectivity index (χ4v) is 3.63. The summed E-state index contributed by atoms with van der Waals surface area (Å²) in [6, 6.07) is 9.15. The normalized spacial score (nSPS) is 18.4. The minimum atomic E-state index is 0.369. The number of hydrogen-bond acceptors (Lipinski definition) is 2. The van der Waals surface area contributed by atoms with E-state index in [4.69, 9.17) is 5.73 Å². The van der Waals surface area contributed by atoms with E-state index in [-0.39, 0.29) is 0 Å². The molecule has 0 saturated heterocycles. The van der Waals surface area contributed by atoms with Crippen molar-refractivity contribution >= 4 is 0 Å². The van der Waals surface area contributed by atoms with Crippen LogP contribution in [0.4, 0.5) is 0 Å². The van der Waals surface area contributed by atoms with Crippen LogP contribution in [0.5, 0.6) is 0 Å². The standard InChI is InChI=1S/C18H30N2/c1-3-16-11-7-8-12-17(16)18(13-19)20(2)14-15-9-5-4-6-10-15/h7-8,11-12,15,18H,3-6,9-10,13-14,19H2,1-2H3. The van der Waals surface area contributed by atoms with Crippen molar-refractivity contribution in [3.05, 3.63) is 35.4 Å². The van der Waals surface area contributed by atoms with Crippen molar-refractivity contribution in [3.8, 4) is 0 Å². The minimum absolute atomic E-state index is 0.369. The largest absolute Gasteiger partial charge is 0.329 e. The lowest BCUT2D eigenvalue weighted by molar-refractivity contribution is 0.185. The molecule has 0 amide bonds. The molecule has 0 heterocycles. The van der Waals surface area contributed by atoms with Gasteiger partial charge in [-0.2, -0.15) is 0 Å². The summed E-state index contributed by atoms with van der Waals surface area (Å²) in [7, 11) is 2.25.